The van der Waals surface area contributed by atoms with Gasteiger partial charge in [0.15, 0.2) is 0 Å². The van der Waals surface area contributed by atoms with Crippen molar-refractivity contribution in [3.63, 3.8) is 0 Å². The molecule has 2 rings (SSSR count). The molecule has 1 aromatic carbocycles. The fraction of sp³-hybridized carbons (Fsp3) is 0.385. The first-order valence-electron chi connectivity index (χ1n) is 6.33. The van der Waals surface area contributed by atoms with E-state index in [1.54, 1.807) is 0 Å². The molecule has 0 aliphatic heterocycles. The molecule has 8 heteroatoms. The van der Waals surface area contributed by atoms with Gasteiger partial charge in [-0.15, -0.1) is 0 Å². The Labute approximate surface area is 127 Å². The zero-order chi connectivity index (χ0) is 15.6. The Morgan fingerprint density at radius 3 is 2.62 bits per heavy atom. The van der Waals surface area contributed by atoms with Crippen LogP contribution in [0.3, 0.4) is 0 Å². The van der Waals surface area contributed by atoms with E-state index in [4.69, 9.17) is 5.11 Å². The summed E-state index contributed by atoms with van der Waals surface area (Å²) in [5, 5.41) is 13.8. The van der Waals surface area contributed by atoms with Crippen LogP contribution in [0.5, 0.6) is 0 Å². The third-order valence-electron chi connectivity index (χ3n) is 3.41. The van der Waals surface area contributed by atoms with E-state index in [2.05, 4.69) is 26.6 Å². The van der Waals surface area contributed by atoms with Crippen molar-refractivity contribution in [1.82, 2.24) is 5.32 Å². The maximum absolute atomic E-state index is 13.5. The molecule has 0 heterocycles. The SMILES string of the molecule is O=C(Nc1cc(Br)c(F)cc1F)NC1CCCC1C(=O)O. The largest absolute Gasteiger partial charge is 0.481 e. The normalized spacial score (nSPS) is 21.1. The Bertz CT molecular complexity index is 583. The number of rotatable bonds is 3. The minimum Gasteiger partial charge on any atom is -0.481 e. The molecule has 1 aliphatic carbocycles. The highest BCUT2D eigenvalue weighted by atomic mass is 79.9. The van der Waals surface area contributed by atoms with Crippen LogP contribution in [0, 0.1) is 17.6 Å². The van der Waals surface area contributed by atoms with Gasteiger partial charge in [0.05, 0.1) is 16.1 Å². The van der Waals surface area contributed by atoms with Crippen molar-refractivity contribution in [3.05, 3.63) is 28.2 Å². The first-order chi connectivity index (χ1) is 9.88. The Morgan fingerprint density at radius 1 is 1.24 bits per heavy atom. The number of nitrogens with one attached hydrogen (secondary N) is 2. The average Bonchev–Trinajstić information content (AvgIpc) is 2.84. The second-order valence-corrected chi connectivity index (χ2v) is 5.68. The van der Waals surface area contributed by atoms with E-state index in [1.165, 1.54) is 0 Å². The zero-order valence-corrected chi connectivity index (χ0v) is 12.4. The summed E-state index contributed by atoms with van der Waals surface area (Å²) in [7, 11) is 0. The van der Waals surface area contributed by atoms with Crippen LogP contribution in [0.1, 0.15) is 19.3 Å². The second kappa shape index (κ2) is 6.38. The molecule has 1 aromatic rings. The fourth-order valence-electron chi connectivity index (χ4n) is 2.37. The number of benzene rings is 1. The van der Waals surface area contributed by atoms with Crippen molar-refractivity contribution in [3.8, 4) is 0 Å². The zero-order valence-electron chi connectivity index (χ0n) is 10.8. The van der Waals surface area contributed by atoms with Gasteiger partial charge in [-0.05, 0) is 34.8 Å². The van der Waals surface area contributed by atoms with Gasteiger partial charge in [-0.2, -0.15) is 0 Å². The van der Waals surface area contributed by atoms with Crippen molar-refractivity contribution < 1.29 is 23.5 Å². The van der Waals surface area contributed by atoms with Crippen LogP contribution in [-0.4, -0.2) is 23.1 Å². The van der Waals surface area contributed by atoms with Gasteiger partial charge >= 0.3 is 12.0 Å². The maximum Gasteiger partial charge on any atom is 0.319 e. The summed E-state index contributed by atoms with van der Waals surface area (Å²) in [5.74, 6) is -3.29. The van der Waals surface area contributed by atoms with Crippen LogP contribution in [0.4, 0.5) is 19.3 Å². The summed E-state index contributed by atoms with van der Waals surface area (Å²) in [5.41, 5.74) is -0.189. The standard InChI is InChI=1S/C13H13BrF2N2O3/c14-7-4-11(9(16)5-8(7)15)18-13(21)17-10-3-1-2-6(10)12(19)20/h4-6,10H,1-3H2,(H,19,20)(H2,17,18,21). The minimum absolute atomic E-state index is 0.0171. The van der Waals surface area contributed by atoms with Crippen LogP contribution >= 0.6 is 15.9 Å². The Morgan fingerprint density at radius 2 is 1.95 bits per heavy atom. The number of amides is 2. The molecule has 21 heavy (non-hydrogen) atoms. The lowest BCUT2D eigenvalue weighted by molar-refractivity contribution is -0.142. The van der Waals surface area contributed by atoms with Crippen LogP contribution in [0.2, 0.25) is 0 Å². The number of urea groups is 1. The molecule has 0 saturated heterocycles. The Balaban J connectivity index is 2.02. The molecular formula is C13H13BrF2N2O3. The number of aliphatic carboxylic acids is 1. The van der Waals surface area contributed by atoms with E-state index in [0.717, 1.165) is 6.07 Å². The maximum atomic E-state index is 13.5. The predicted molar refractivity (Wildman–Crippen MR) is 75.0 cm³/mol. The highest BCUT2D eigenvalue weighted by molar-refractivity contribution is 9.10. The average molecular weight is 363 g/mol. The molecule has 2 unspecified atom stereocenters. The lowest BCUT2D eigenvalue weighted by Gasteiger charge is -2.18. The molecule has 2 amide bonds. The van der Waals surface area contributed by atoms with Gasteiger partial charge in [-0.25, -0.2) is 13.6 Å². The summed E-state index contributed by atoms with van der Waals surface area (Å²) in [6.07, 6.45) is 1.76. The predicted octanol–water partition coefficient (Wildman–Crippen LogP) is 3.10. The summed E-state index contributed by atoms with van der Waals surface area (Å²) in [6, 6.07) is 0.545. The monoisotopic (exact) mass is 362 g/mol. The van der Waals surface area contributed by atoms with Crippen molar-refractivity contribution in [2.24, 2.45) is 5.92 Å². The molecule has 0 bridgehead atoms. The smallest absolute Gasteiger partial charge is 0.319 e. The quantitative estimate of drug-likeness (QED) is 0.723. The third kappa shape index (κ3) is 3.69. The van der Waals surface area contributed by atoms with Gasteiger partial charge in [-0.3, -0.25) is 4.79 Å². The minimum atomic E-state index is -0.964. The number of carbonyl (C=O) groups excluding carboxylic acids is 1. The number of halogens is 3. The van der Waals surface area contributed by atoms with E-state index >= 15 is 0 Å². The Hall–Kier alpha value is -1.70. The van der Waals surface area contributed by atoms with Crippen LogP contribution in [-0.2, 0) is 4.79 Å². The first-order valence-corrected chi connectivity index (χ1v) is 7.12. The van der Waals surface area contributed by atoms with Gasteiger partial charge in [0, 0.05) is 12.1 Å². The Kier molecular flexibility index (Phi) is 4.76. The number of carbonyl (C=O) groups is 2. The fourth-order valence-corrected chi connectivity index (χ4v) is 2.72. The van der Waals surface area contributed by atoms with E-state index in [1.807, 2.05) is 0 Å². The van der Waals surface area contributed by atoms with E-state index < -0.39 is 35.6 Å². The molecule has 1 saturated carbocycles. The lowest BCUT2D eigenvalue weighted by Crippen LogP contribution is -2.42. The molecule has 0 aromatic heterocycles. The van der Waals surface area contributed by atoms with Gasteiger partial charge < -0.3 is 15.7 Å². The van der Waals surface area contributed by atoms with Crippen molar-refractivity contribution in [1.29, 1.82) is 0 Å². The lowest BCUT2D eigenvalue weighted by atomic mass is 10.0. The summed E-state index contributed by atoms with van der Waals surface area (Å²) in [4.78, 5) is 22.8. The number of carboxylic acid groups (broad SMARTS) is 1. The van der Waals surface area contributed by atoms with Gasteiger partial charge in [0.2, 0.25) is 0 Å². The van der Waals surface area contributed by atoms with E-state index in [0.29, 0.717) is 25.3 Å². The van der Waals surface area contributed by atoms with Crippen molar-refractivity contribution >= 4 is 33.6 Å². The third-order valence-corrected chi connectivity index (χ3v) is 4.02. The molecule has 2 atom stereocenters. The number of hydrogen-bond donors (Lipinski definition) is 3. The number of anilines is 1. The summed E-state index contributed by atoms with van der Waals surface area (Å²) in [6.45, 7) is 0. The molecule has 5 nitrogen and oxygen atoms in total. The molecule has 1 aliphatic rings. The van der Waals surface area contributed by atoms with Crippen LogP contribution < -0.4 is 10.6 Å². The van der Waals surface area contributed by atoms with E-state index in [9.17, 15) is 18.4 Å². The summed E-state index contributed by atoms with van der Waals surface area (Å²) >= 11 is 2.90. The van der Waals surface area contributed by atoms with Crippen LogP contribution in [0.25, 0.3) is 0 Å². The molecule has 1 fully saturated rings. The first kappa shape index (κ1) is 15.7. The van der Waals surface area contributed by atoms with Gasteiger partial charge in [0.1, 0.15) is 11.6 Å². The van der Waals surface area contributed by atoms with E-state index in [-0.39, 0.29) is 10.2 Å². The molecule has 114 valence electrons. The van der Waals surface area contributed by atoms with Gasteiger partial charge in [-0.1, -0.05) is 6.42 Å². The molecular weight excluding hydrogens is 350 g/mol. The molecule has 0 spiro atoms. The van der Waals surface area contributed by atoms with Crippen molar-refractivity contribution in [2.45, 2.75) is 25.3 Å². The molecule has 0 radical (unpaired) electrons. The summed E-state index contributed by atoms with van der Waals surface area (Å²) < 4.78 is 26.6. The number of carboxylic acids is 1. The molecule has 3 N–H and O–H groups in total. The topological polar surface area (TPSA) is 78.4 Å². The second-order valence-electron chi connectivity index (χ2n) is 4.83. The van der Waals surface area contributed by atoms with Crippen molar-refractivity contribution in [2.75, 3.05) is 5.32 Å². The highest BCUT2D eigenvalue weighted by Crippen LogP contribution is 2.26. The number of hydrogen-bond acceptors (Lipinski definition) is 2. The van der Waals surface area contributed by atoms with Crippen LogP contribution in [0.15, 0.2) is 16.6 Å². The van der Waals surface area contributed by atoms with Gasteiger partial charge in [0.25, 0.3) is 0 Å². The highest BCUT2D eigenvalue weighted by Gasteiger charge is 2.33.